The number of carbonyl (C=O) groups excluding carboxylic acids is 1. The van der Waals surface area contributed by atoms with Crippen LogP contribution in [0.2, 0.25) is 0 Å². The van der Waals surface area contributed by atoms with Gasteiger partial charge in [-0.05, 0) is 25.3 Å². The number of ketones is 1. The molecule has 2 atom stereocenters. The molecule has 1 aromatic rings. The van der Waals surface area contributed by atoms with Gasteiger partial charge in [-0.25, -0.2) is 0 Å². The van der Waals surface area contributed by atoms with Crippen LogP contribution in [-0.2, 0) is 10.2 Å². The maximum absolute atomic E-state index is 12.6. The minimum atomic E-state index is -0.679. The van der Waals surface area contributed by atoms with E-state index < -0.39 is 11.5 Å². The van der Waals surface area contributed by atoms with E-state index in [2.05, 4.69) is 0 Å². The molecule has 18 heavy (non-hydrogen) atoms. The highest BCUT2D eigenvalue weighted by molar-refractivity contribution is 5.91. The van der Waals surface area contributed by atoms with Crippen LogP contribution in [0.1, 0.15) is 51.0 Å². The van der Waals surface area contributed by atoms with Crippen molar-refractivity contribution in [1.29, 1.82) is 0 Å². The number of benzene rings is 1. The first-order valence-corrected chi connectivity index (χ1v) is 6.95. The molecule has 1 N–H and O–H groups in total. The smallest absolute Gasteiger partial charge is 0.145 e. The van der Waals surface area contributed by atoms with Crippen molar-refractivity contribution in [3.63, 3.8) is 0 Å². The number of carbonyl (C=O) groups is 1. The molecule has 0 heterocycles. The Morgan fingerprint density at radius 3 is 2.44 bits per heavy atom. The van der Waals surface area contributed by atoms with Crippen molar-refractivity contribution in [2.75, 3.05) is 0 Å². The zero-order valence-corrected chi connectivity index (χ0v) is 11.1. The number of hydrogen-bond donors (Lipinski definition) is 1. The Hall–Kier alpha value is -1.15. The monoisotopic (exact) mass is 246 g/mol. The minimum Gasteiger partial charge on any atom is -0.392 e. The third kappa shape index (κ3) is 2.35. The van der Waals surface area contributed by atoms with Crippen molar-refractivity contribution in [1.82, 2.24) is 0 Å². The minimum absolute atomic E-state index is 0.211. The van der Waals surface area contributed by atoms with Gasteiger partial charge in [0.15, 0.2) is 0 Å². The fourth-order valence-electron chi connectivity index (χ4n) is 3.13. The van der Waals surface area contributed by atoms with Crippen molar-refractivity contribution < 1.29 is 9.90 Å². The molecule has 1 aliphatic rings. The normalized spacial score (nSPS) is 27.3. The highest BCUT2D eigenvalue weighted by Crippen LogP contribution is 2.38. The van der Waals surface area contributed by atoms with E-state index in [4.69, 9.17) is 0 Å². The third-order valence-electron chi connectivity index (χ3n) is 4.22. The molecule has 1 aromatic carbocycles. The number of aliphatic hydroxyl groups is 1. The lowest BCUT2D eigenvalue weighted by Gasteiger charge is -2.37. The van der Waals surface area contributed by atoms with Crippen LogP contribution in [0.4, 0.5) is 0 Å². The summed E-state index contributed by atoms with van der Waals surface area (Å²) in [7, 11) is 0. The van der Waals surface area contributed by atoms with Gasteiger partial charge in [0.2, 0.25) is 0 Å². The van der Waals surface area contributed by atoms with Gasteiger partial charge in [0, 0.05) is 6.42 Å². The van der Waals surface area contributed by atoms with Gasteiger partial charge in [0.05, 0.1) is 11.5 Å². The van der Waals surface area contributed by atoms with Crippen molar-refractivity contribution in [2.45, 2.75) is 57.0 Å². The quantitative estimate of drug-likeness (QED) is 0.870. The Labute approximate surface area is 109 Å². The van der Waals surface area contributed by atoms with Crippen LogP contribution in [0.3, 0.4) is 0 Å². The van der Waals surface area contributed by atoms with Crippen LogP contribution in [0.5, 0.6) is 0 Å². The summed E-state index contributed by atoms with van der Waals surface area (Å²) in [4.78, 5) is 12.6. The standard InChI is InChI=1S/C16H22O2/c1-13(17)16(14-9-5-4-6-10-14)12-8-3-2-7-11-15(16)18/h4-6,9-10,13,17H,2-3,7-8,11-12H2,1H3/t13-,16-/m0/s1. The first kappa shape index (κ1) is 13.3. The van der Waals surface area contributed by atoms with E-state index in [0.29, 0.717) is 6.42 Å². The summed E-state index contributed by atoms with van der Waals surface area (Å²) >= 11 is 0. The second-order valence-electron chi connectivity index (χ2n) is 5.35. The Kier molecular flexibility index (Phi) is 4.18. The second kappa shape index (κ2) is 5.66. The Morgan fingerprint density at radius 1 is 1.11 bits per heavy atom. The zero-order valence-electron chi connectivity index (χ0n) is 11.1. The van der Waals surface area contributed by atoms with E-state index in [-0.39, 0.29) is 5.78 Å². The third-order valence-corrected chi connectivity index (χ3v) is 4.22. The second-order valence-corrected chi connectivity index (χ2v) is 5.35. The van der Waals surface area contributed by atoms with Crippen LogP contribution in [0.25, 0.3) is 0 Å². The lowest BCUT2D eigenvalue weighted by atomic mass is 9.67. The van der Waals surface area contributed by atoms with Crippen LogP contribution >= 0.6 is 0 Å². The number of aliphatic hydroxyl groups excluding tert-OH is 1. The van der Waals surface area contributed by atoms with E-state index in [1.54, 1.807) is 6.92 Å². The predicted molar refractivity (Wildman–Crippen MR) is 72.5 cm³/mol. The molecular formula is C16H22O2. The molecule has 0 unspecified atom stereocenters. The summed E-state index contributed by atoms with van der Waals surface area (Å²) in [6, 6.07) is 9.81. The van der Waals surface area contributed by atoms with Crippen LogP contribution < -0.4 is 0 Å². The van der Waals surface area contributed by atoms with Crippen LogP contribution in [0, 0.1) is 0 Å². The summed E-state index contributed by atoms with van der Waals surface area (Å²) in [6.45, 7) is 1.76. The molecule has 1 aliphatic carbocycles. The van der Waals surface area contributed by atoms with E-state index >= 15 is 0 Å². The van der Waals surface area contributed by atoms with Crippen molar-refractivity contribution in [3.05, 3.63) is 35.9 Å². The first-order valence-electron chi connectivity index (χ1n) is 6.95. The van der Waals surface area contributed by atoms with E-state index in [9.17, 15) is 9.90 Å². The molecule has 0 aliphatic heterocycles. The highest BCUT2D eigenvalue weighted by Gasteiger charge is 2.43. The summed E-state index contributed by atoms with van der Waals surface area (Å²) < 4.78 is 0. The molecule has 0 radical (unpaired) electrons. The van der Waals surface area contributed by atoms with Gasteiger partial charge < -0.3 is 5.11 Å². The summed E-state index contributed by atoms with van der Waals surface area (Å²) in [5.74, 6) is 0.211. The Balaban J connectivity index is 2.43. The number of rotatable bonds is 2. The first-order chi connectivity index (χ1) is 8.68. The summed E-state index contributed by atoms with van der Waals surface area (Å²) in [6.07, 6.45) is 5.02. The molecule has 0 bridgehead atoms. The topological polar surface area (TPSA) is 37.3 Å². The molecular weight excluding hydrogens is 224 g/mol. The van der Waals surface area contributed by atoms with Crippen LogP contribution in [0.15, 0.2) is 30.3 Å². The molecule has 0 saturated heterocycles. The molecule has 2 heteroatoms. The zero-order chi connectivity index (χ0) is 13.0. The van der Waals surface area contributed by atoms with Gasteiger partial charge in [-0.1, -0.05) is 49.6 Å². The maximum atomic E-state index is 12.6. The fourth-order valence-corrected chi connectivity index (χ4v) is 3.13. The number of hydrogen-bond acceptors (Lipinski definition) is 2. The average molecular weight is 246 g/mol. The van der Waals surface area contributed by atoms with Gasteiger partial charge in [-0.3, -0.25) is 4.79 Å². The van der Waals surface area contributed by atoms with Crippen LogP contribution in [-0.4, -0.2) is 17.0 Å². The molecule has 0 spiro atoms. The van der Waals surface area contributed by atoms with Gasteiger partial charge >= 0.3 is 0 Å². The van der Waals surface area contributed by atoms with Crippen molar-refractivity contribution in [3.8, 4) is 0 Å². The van der Waals surface area contributed by atoms with E-state index in [1.165, 1.54) is 0 Å². The maximum Gasteiger partial charge on any atom is 0.145 e. The molecule has 1 fully saturated rings. The van der Waals surface area contributed by atoms with E-state index in [0.717, 1.165) is 37.7 Å². The van der Waals surface area contributed by atoms with Gasteiger partial charge in [-0.2, -0.15) is 0 Å². The highest BCUT2D eigenvalue weighted by atomic mass is 16.3. The average Bonchev–Trinajstić information content (AvgIpc) is 2.35. The van der Waals surface area contributed by atoms with Crippen molar-refractivity contribution >= 4 is 5.78 Å². The molecule has 0 amide bonds. The molecule has 1 saturated carbocycles. The summed E-state index contributed by atoms with van der Waals surface area (Å²) in [5.41, 5.74) is 0.300. The molecule has 0 aromatic heterocycles. The largest absolute Gasteiger partial charge is 0.392 e. The van der Waals surface area contributed by atoms with E-state index in [1.807, 2.05) is 30.3 Å². The summed E-state index contributed by atoms with van der Waals surface area (Å²) in [5, 5.41) is 10.2. The number of Topliss-reactive ketones (excluding diaryl/α,β-unsaturated/α-hetero) is 1. The SMILES string of the molecule is C[C@H](O)[C@]1(c2ccccc2)CCCCCCC1=O. The molecule has 2 nitrogen and oxygen atoms in total. The lowest BCUT2D eigenvalue weighted by molar-refractivity contribution is -0.129. The van der Waals surface area contributed by atoms with Gasteiger partial charge in [0.1, 0.15) is 5.78 Å². The van der Waals surface area contributed by atoms with Gasteiger partial charge in [-0.15, -0.1) is 0 Å². The Morgan fingerprint density at radius 2 is 1.78 bits per heavy atom. The molecule has 2 rings (SSSR count). The Bertz CT molecular complexity index is 397. The molecule has 98 valence electrons. The lowest BCUT2D eigenvalue weighted by Crippen LogP contribution is -2.45. The fraction of sp³-hybridized carbons (Fsp3) is 0.562. The van der Waals surface area contributed by atoms with Crippen molar-refractivity contribution in [2.24, 2.45) is 0 Å². The van der Waals surface area contributed by atoms with Gasteiger partial charge in [0.25, 0.3) is 0 Å². The predicted octanol–water partition coefficient (Wildman–Crippen LogP) is 3.23.